The molecule has 4 rings (SSSR count). The quantitative estimate of drug-likeness (QED) is 0.325. The number of furan rings is 1. The van der Waals surface area contributed by atoms with Gasteiger partial charge < -0.3 is 13.9 Å². The van der Waals surface area contributed by atoms with Crippen LogP contribution in [-0.2, 0) is 9.53 Å². The zero-order valence-corrected chi connectivity index (χ0v) is 17.7. The van der Waals surface area contributed by atoms with Gasteiger partial charge in [0.05, 0.1) is 0 Å². The molecule has 0 bridgehead atoms. The van der Waals surface area contributed by atoms with Crippen LogP contribution < -0.4 is 4.74 Å². The van der Waals surface area contributed by atoms with Crippen LogP contribution in [0.4, 0.5) is 13.2 Å². The van der Waals surface area contributed by atoms with Crippen LogP contribution in [0, 0.1) is 5.41 Å². The molecule has 1 heterocycles. The second-order valence-electron chi connectivity index (χ2n) is 8.31. The molecule has 0 spiro atoms. The van der Waals surface area contributed by atoms with Crippen molar-refractivity contribution in [2.75, 3.05) is 0 Å². The molecule has 7 heteroatoms. The summed E-state index contributed by atoms with van der Waals surface area (Å²) >= 11 is 0. The van der Waals surface area contributed by atoms with Crippen molar-refractivity contribution in [2.24, 2.45) is 5.41 Å². The topological polar surface area (TPSA) is 48.7 Å². The van der Waals surface area contributed by atoms with E-state index in [9.17, 15) is 18.0 Å². The normalized spacial score (nSPS) is 23.3. The molecule has 1 fully saturated rings. The zero-order valence-electron chi connectivity index (χ0n) is 17.7. The molecule has 3 unspecified atom stereocenters. The van der Waals surface area contributed by atoms with E-state index in [1.165, 1.54) is 6.92 Å². The maximum atomic E-state index is 14.1. The van der Waals surface area contributed by atoms with Gasteiger partial charge in [-0.05, 0) is 44.9 Å². The Kier molecular flexibility index (Phi) is 5.53. The molecule has 168 valence electrons. The molecule has 4 nitrogen and oxygen atoms in total. The predicted octanol–water partition coefficient (Wildman–Crippen LogP) is 6.70. The standard InChI is InChI=1S/C25H23F3O4/c1-15(2)23(29)32-22-12-11-21(24(22,3)25(26,27)28)30-18-10-9-17-13-19(31-20(17)14-18)16-7-5-4-6-8-16/h4-10,13-14,21-22H,1,11-12H2,2-3H3. The van der Waals surface area contributed by atoms with E-state index >= 15 is 0 Å². The van der Waals surface area contributed by atoms with E-state index in [0.29, 0.717) is 11.3 Å². The minimum atomic E-state index is -4.64. The van der Waals surface area contributed by atoms with Crippen LogP contribution in [0.15, 0.2) is 71.2 Å². The zero-order chi connectivity index (χ0) is 23.1. The summed E-state index contributed by atoms with van der Waals surface area (Å²) in [6.45, 7) is 5.89. The molecule has 0 radical (unpaired) electrons. The summed E-state index contributed by atoms with van der Waals surface area (Å²) in [5, 5.41) is 0.814. The molecule has 0 N–H and O–H groups in total. The smallest absolute Gasteiger partial charge is 0.401 e. The molecule has 2 aromatic carbocycles. The van der Waals surface area contributed by atoms with Crippen molar-refractivity contribution in [3.8, 4) is 17.1 Å². The summed E-state index contributed by atoms with van der Waals surface area (Å²) in [5.74, 6) is 0.0842. The van der Waals surface area contributed by atoms with Gasteiger partial charge in [-0.1, -0.05) is 36.9 Å². The maximum absolute atomic E-state index is 14.1. The van der Waals surface area contributed by atoms with Gasteiger partial charge in [0, 0.05) is 22.6 Å². The summed E-state index contributed by atoms with van der Waals surface area (Å²) in [4.78, 5) is 11.9. The maximum Gasteiger partial charge on any atom is 0.401 e. The van der Waals surface area contributed by atoms with Crippen molar-refractivity contribution in [3.05, 3.63) is 66.7 Å². The van der Waals surface area contributed by atoms with E-state index in [-0.39, 0.29) is 24.2 Å². The predicted molar refractivity (Wildman–Crippen MR) is 114 cm³/mol. The first-order chi connectivity index (χ1) is 15.1. The average Bonchev–Trinajstić information content (AvgIpc) is 3.31. The molecule has 0 aliphatic heterocycles. The van der Waals surface area contributed by atoms with Crippen molar-refractivity contribution in [1.29, 1.82) is 0 Å². The van der Waals surface area contributed by atoms with Gasteiger partial charge >= 0.3 is 12.1 Å². The number of alkyl halides is 3. The number of hydrogen-bond acceptors (Lipinski definition) is 4. The summed E-state index contributed by atoms with van der Waals surface area (Å²) in [6.07, 6.45) is -7.07. The van der Waals surface area contributed by atoms with Crippen LogP contribution in [0.3, 0.4) is 0 Å². The lowest BCUT2D eigenvalue weighted by atomic mass is 9.83. The Morgan fingerprint density at radius 1 is 1.09 bits per heavy atom. The van der Waals surface area contributed by atoms with E-state index in [2.05, 4.69) is 6.58 Å². The van der Waals surface area contributed by atoms with Gasteiger partial charge in [0.25, 0.3) is 0 Å². The molecule has 0 amide bonds. The third kappa shape index (κ3) is 3.87. The van der Waals surface area contributed by atoms with Crippen molar-refractivity contribution in [2.45, 2.75) is 45.1 Å². The number of benzene rings is 2. The highest BCUT2D eigenvalue weighted by Crippen LogP contribution is 2.53. The van der Waals surface area contributed by atoms with Crippen LogP contribution in [0.5, 0.6) is 5.75 Å². The minimum absolute atomic E-state index is 0.0425. The summed E-state index contributed by atoms with van der Waals surface area (Å²) < 4.78 is 59.3. The molecular formula is C25H23F3O4. The van der Waals surface area contributed by atoms with Crippen LogP contribution in [0.1, 0.15) is 26.7 Å². The third-order valence-corrected chi connectivity index (χ3v) is 6.07. The van der Waals surface area contributed by atoms with Crippen LogP contribution in [-0.4, -0.2) is 24.4 Å². The summed E-state index contributed by atoms with van der Waals surface area (Å²) in [6, 6.07) is 16.3. The van der Waals surface area contributed by atoms with E-state index in [1.807, 2.05) is 36.4 Å². The Balaban J connectivity index is 1.60. The highest BCUT2D eigenvalue weighted by molar-refractivity contribution is 5.87. The monoisotopic (exact) mass is 444 g/mol. The fraction of sp³-hybridized carbons (Fsp3) is 0.320. The van der Waals surface area contributed by atoms with Crippen LogP contribution in [0.25, 0.3) is 22.3 Å². The van der Waals surface area contributed by atoms with Gasteiger partial charge in [-0.25, -0.2) is 4.79 Å². The van der Waals surface area contributed by atoms with Crippen molar-refractivity contribution >= 4 is 16.9 Å². The molecule has 1 aliphatic carbocycles. The fourth-order valence-corrected chi connectivity index (χ4v) is 4.06. The number of carbonyl (C=O) groups is 1. The molecule has 32 heavy (non-hydrogen) atoms. The number of fused-ring (bicyclic) bond motifs is 1. The molecule has 1 aliphatic rings. The molecule has 3 aromatic rings. The largest absolute Gasteiger partial charge is 0.489 e. The lowest BCUT2D eigenvalue weighted by Crippen LogP contribution is -2.51. The van der Waals surface area contributed by atoms with Gasteiger partial charge in [-0.2, -0.15) is 13.2 Å². The lowest BCUT2D eigenvalue weighted by Gasteiger charge is -2.37. The number of halogens is 3. The van der Waals surface area contributed by atoms with Crippen LogP contribution in [0.2, 0.25) is 0 Å². The van der Waals surface area contributed by atoms with Gasteiger partial charge in [-0.3, -0.25) is 0 Å². The van der Waals surface area contributed by atoms with Crippen molar-refractivity contribution in [1.82, 2.24) is 0 Å². The van der Waals surface area contributed by atoms with Gasteiger partial charge in [0.2, 0.25) is 0 Å². The number of ether oxygens (including phenoxy) is 2. The average molecular weight is 444 g/mol. The number of carbonyl (C=O) groups excluding carboxylic acids is 1. The Hall–Kier alpha value is -3.22. The SMILES string of the molecule is C=C(C)C(=O)OC1CCC(Oc2ccc3cc(-c4ccccc4)oc3c2)C1(C)C(F)(F)F. The van der Waals surface area contributed by atoms with E-state index < -0.39 is 29.8 Å². The van der Waals surface area contributed by atoms with Gasteiger partial charge in [0.15, 0.2) is 0 Å². The fourth-order valence-electron chi connectivity index (χ4n) is 4.06. The van der Waals surface area contributed by atoms with E-state index in [0.717, 1.165) is 17.9 Å². The Labute approximate surface area is 183 Å². The Morgan fingerprint density at radius 2 is 1.78 bits per heavy atom. The van der Waals surface area contributed by atoms with Crippen LogP contribution >= 0.6 is 0 Å². The molecule has 1 aromatic heterocycles. The molecule has 3 atom stereocenters. The number of rotatable bonds is 5. The first kappa shape index (κ1) is 22.0. The molecular weight excluding hydrogens is 421 g/mol. The minimum Gasteiger partial charge on any atom is -0.489 e. The van der Waals surface area contributed by atoms with E-state index in [4.69, 9.17) is 13.9 Å². The highest BCUT2D eigenvalue weighted by atomic mass is 19.4. The number of esters is 1. The molecule has 1 saturated carbocycles. The van der Waals surface area contributed by atoms with Gasteiger partial charge in [0.1, 0.15) is 34.7 Å². The second kappa shape index (κ2) is 8.04. The van der Waals surface area contributed by atoms with Crippen molar-refractivity contribution in [3.63, 3.8) is 0 Å². The molecule has 0 saturated heterocycles. The lowest BCUT2D eigenvalue weighted by molar-refractivity contribution is -0.262. The number of hydrogen-bond donors (Lipinski definition) is 0. The Morgan fingerprint density at radius 3 is 2.44 bits per heavy atom. The summed E-state index contributed by atoms with van der Waals surface area (Å²) in [5.41, 5.74) is -0.894. The Bertz CT molecular complexity index is 1150. The van der Waals surface area contributed by atoms with Crippen molar-refractivity contribution < 1.29 is 31.9 Å². The van der Waals surface area contributed by atoms with E-state index in [1.54, 1.807) is 18.2 Å². The first-order valence-corrected chi connectivity index (χ1v) is 10.3. The summed E-state index contributed by atoms with van der Waals surface area (Å²) in [7, 11) is 0. The first-order valence-electron chi connectivity index (χ1n) is 10.3. The van der Waals surface area contributed by atoms with Gasteiger partial charge in [-0.15, -0.1) is 0 Å². The second-order valence-corrected chi connectivity index (χ2v) is 8.31. The highest BCUT2D eigenvalue weighted by Gasteiger charge is 2.66. The third-order valence-electron chi connectivity index (χ3n) is 6.07.